The zero-order chi connectivity index (χ0) is 13.6. The summed E-state index contributed by atoms with van der Waals surface area (Å²) in [5, 5.41) is 0. The highest BCUT2D eigenvalue weighted by Crippen LogP contribution is 2.49. The summed E-state index contributed by atoms with van der Waals surface area (Å²) in [6.45, 7) is 2.10. The molecule has 2 aromatic rings. The highest BCUT2D eigenvalue weighted by molar-refractivity contribution is 5.88. The summed E-state index contributed by atoms with van der Waals surface area (Å²) in [6, 6.07) is 6.11. The number of fused-ring (bicyclic) bond motifs is 1. The summed E-state index contributed by atoms with van der Waals surface area (Å²) in [7, 11) is 3.48. The molecule has 1 saturated carbocycles. The van der Waals surface area contributed by atoms with Crippen molar-refractivity contribution in [3.63, 3.8) is 0 Å². The quantitative estimate of drug-likeness (QED) is 0.794. The Kier molecular flexibility index (Phi) is 2.62. The van der Waals surface area contributed by atoms with Gasteiger partial charge < -0.3 is 9.30 Å². The number of hydrogen-bond acceptors (Lipinski definition) is 3. The fourth-order valence-electron chi connectivity index (χ4n) is 2.78. The van der Waals surface area contributed by atoms with Crippen molar-refractivity contribution in [2.24, 2.45) is 7.05 Å². The van der Waals surface area contributed by atoms with Gasteiger partial charge in [-0.1, -0.05) is 13.0 Å². The minimum absolute atomic E-state index is 0.121. The normalized spacial score (nSPS) is 16.6. The predicted molar refractivity (Wildman–Crippen MR) is 73.0 cm³/mol. The monoisotopic (exact) mass is 258 g/mol. The fourth-order valence-corrected chi connectivity index (χ4v) is 2.78. The first-order chi connectivity index (χ1) is 9.12. The third-order valence-electron chi connectivity index (χ3n) is 4.17. The molecule has 1 fully saturated rings. The Morgan fingerprint density at radius 2 is 2.21 bits per heavy atom. The number of aryl methyl sites for hydroxylation is 2. The van der Waals surface area contributed by atoms with Crippen molar-refractivity contribution in [2.45, 2.75) is 31.6 Å². The van der Waals surface area contributed by atoms with Crippen LogP contribution in [0.3, 0.4) is 0 Å². The summed E-state index contributed by atoms with van der Waals surface area (Å²) in [5.41, 5.74) is 2.73. The van der Waals surface area contributed by atoms with Crippen molar-refractivity contribution in [3.05, 3.63) is 29.6 Å². The van der Waals surface area contributed by atoms with Crippen LogP contribution in [0.25, 0.3) is 11.0 Å². The molecule has 4 heteroatoms. The van der Waals surface area contributed by atoms with Crippen LogP contribution < -0.4 is 0 Å². The van der Waals surface area contributed by atoms with Crippen molar-refractivity contribution >= 4 is 17.0 Å². The van der Waals surface area contributed by atoms with E-state index in [4.69, 9.17) is 4.74 Å². The van der Waals surface area contributed by atoms with E-state index in [0.717, 1.165) is 41.7 Å². The lowest BCUT2D eigenvalue weighted by Crippen LogP contribution is -2.21. The molecule has 1 aliphatic carbocycles. The summed E-state index contributed by atoms with van der Waals surface area (Å²) >= 11 is 0. The van der Waals surface area contributed by atoms with Gasteiger partial charge in [0.05, 0.1) is 23.6 Å². The maximum atomic E-state index is 11.9. The molecule has 19 heavy (non-hydrogen) atoms. The highest BCUT2D eigenvalue weighted by Gasteiger charge is 2.52. The minimum atomic E-state index is -0.403. The molecule has 0 amide bonds. The molecule has 1 aliphatic rings. The van der Waals surface area contributed by atoms with E-state index in [0.29, 0.717) is 0 Å². The van der Waals surface area contributed by atoms with Crippen LogP contribution in [0.4, 0.5) is 0 Å². The van der Waals surface area contributed by atoms with Crippen LogP contribution >= 0.6 is 0 Å². The zero-order valence-corrected chi connectivity index (χ0v) is 11.6. The lowest BCUT2D eigenvalue weighted by molar-refractivity contribution is -0.143. The second-order valence-corrected chi connectivity index (χ2v) is 5.22. The zero-order valence-electron chi connectivity index (χ0n) is 11.6. The van der Waals surface area contributed by atoms with Crippen LogP contribution in [0.15, 0.2) is 18.2 Å². The molecular weight excluding hydrogens is 240 g/mol. The largest absolute Gasteiger partial charge is 0.468 e. The Balaban J connectivity index is 2.12. The lowest BCUT2D eigenvalue weighted by Gasteiger charge is -2.13. The Hall–Kier alpha value is -1.84. The van der Waals surface area contributed by atoms with E-state index in [1.807, 2.05) is 19.2 Å². The van der Waals surface area contributed by atoms with Crippen LogP contribution in [0, 0.1) is 0 Å². The van der Waals surface area contributed by atoms with E-state index in [2.05, 4.69) is 22.5 Å². The van der Waals surface area contributed by atoms with Gasteiger partial charge in [-0.05, 0) is 30.5 Å². The van der Waals surface area contributed by atoms with Gasteiger partial charge >= 0.3 is 5.97 Å². The first-order valence-electron chi connectivity index (χ1n) is 6.66. The third-order valence-corrected chi connectivity index (χ3v) is 4.17. The molecule has 1 heterocycles. The van der Waals surface area contributed by atoms with Crippen molar-refractivity contribution in [3.8, 4) is 0 Å². The molecule has 0 unspecified atom stereocenters. The van der Waals surface area contributed by atoms with Crippen LogP contribution in [0.5, 0.6) is 0 Å². The number of rotatable bonds is 3. The molecule has 0 saturated heterocycles. The molecule has 0 spiro atoms. The fraction of sp³-hybridized carbons (Fsp3) is 0.467. The van der Waals surface area contributed by atoms with E-state index in [1.54, 1.807) is 0 Å². The van der Waals surface area contributed by atoms with Gasteiger partial charge in [0.25, 0.3) is 0 Å². The van der Waals surface area contributed by atoms with Gasteiger partial charge in [-0.2, -0.15) is 0 Å². The van der Waals surface area contributed by atoms with Gasteiger partial charge in [0.1, 0.15) is 5.82 Å². The van der Waals surface area contributed by atoms with Gasteiger partial charge in [0.15, 0.2) is 0 Å². The minimum Gasteiger partial charge on any atom is -0.468 e. The average molecular weight is 258 g/mol. The van der Waals surface area contributed by atoms with Crippen LogP contribution in [-0.2, 0) is 28.4 Å². The molecule has 0 bridgehead atoms. The Morgan fingerprint density at radius 3 is 2.79 bits per heavy atom. The van der Waals surface area contributed by atoms with Crippen LogP contribution in [0.2, 0.25) is 0 Å². The summed E-state index contributed by atoms with van der Waals surface area (Å²) in [5.74, 6) is 0.944. The number of ether oxygens (including phenoxy) is 1. The molecule has 100 valence electrons. The van der Waals surface area contributed by atoms with Crippen molar-refractivity contribution in [1.29, 1.82) is 0 Å². The number of methoxy groups -OCH3 is 1. The van der Waals surface area contributed by atoms with Crippen LogP contribution in [0.1, 0.15) is 31.2 Å². The number of carbonyl (C=O) groups is 1. The van der Waals surface area contributed by atoms with Crippen molar-refractivity contribution in [2.75, 3.05) is 7.11 Å². The Labute approximate surface area is 112 Å². The standard InChI is InChI=1S/C15H18N2O2/c1-4-13-16-11-6-5-10(9-12(11)17(13)2)15(7-8-15)14(18)19-3/h5-6,9H,4,7-8H2,1-3H3. The number of benzene rings is 1. The summed E-state index contributed by atoms with van der Waals surface area (Å²) < 4.78 is 7.04. The van der Waals surface area contributed by atoms with E-state index in [-0.39, 0.29) is 5.97 Å². The summed E-state index contributed by atoms with van der Waals surface area (Å²) in [4.78, 5) is 16.5. The molecular formula is C15H18N2O2. The number of imidazole rings is 1. The molecule has 0 aliphatic heterocycles. The van der Waals surface area contributed by atoms with Gasteiger partial charge in [0, 0.05) is 13.5 Å². The predicted octanol–water partition coefficient (Wildman–Crippen LogP) is 2.34. The molecule has 4 nitrogen and oxygen atoms in total. The number of esters is 1. The Morgan fingerprint density at radius 1 is 1.47 bits per heavy atom. The molecule has 3 rings (SSSR count). The second kappa shape index (κ2) is 4.08. The smallest absolute Gasteiger partial charge is 0.316 e. The second-order valence-electron chi connectivity index (χ2n) is 5.22. The maximum Gasteiger partial charge on any atom is 0.316 e. The number of hydrogen-bond donors (Lipinski definition) is 0. The molecule has 0 atom stereocenters. The van der Waals surface area contributed by atoms with Gasteiger partial charge in [-0.15, -0.1) is 0 Å². The van der Waals surface area contributed by atoms with Gasteiger partial charge in [0.2, 0.25) is 0 Å². The van der Waals surface area contributed by atoms with E-state index >= 15 is 0 Å². The average Bonchev–Trinajstić information content (AvgIpc) is 3.19. The number of aromatic nitrogens is 2. The number of carbonyl (C=O) groups excluding carboxylic acids is 1. The maximum absolute atomic E-state index is 11.9. The first-order valence-corrected chi connectivity index (χ1v) is 6.66. The third kappa shape index (κ3) is 1.66. The van der Waals surface area contributed by atoms with E-state index in [9.17, 15) is 4.79 Å². The number of nitrogens with zero attached hydrogens (tertiary/aromatic N) is 2. The van der Waals surface area contributed by atoms with Crippen LogP contribution in [-0.4, -0.2) is 22.6 Å². The van der Waals surface area contributed by atoms with E-state index < -0.39 is 5.41 Å². The molecule has 0 radical (unpaired) electrons. The Bertz CT molecular complexity index is 653. The lowest BCUT2D eigenvalue weighted by atomic mass is 9.96. The SMILES string of the molecule is CCc1nc2ccc(C3(C(=O)OC)CC3)cc2n1C. The topological polar surface area (TPSA) is 44.1 Å². The summed E-state index contributed by atoms with van der Waals surface area (Å²) in [6.07, 6.45) is 2.66. The van der Waals surface area contributed by atoms with E-state index in [1.165, 1.54) is 7.11 Å². The molecule has 0 N–H and O–H groups in total. The van der Waals surface area contributed by atoms with Gasteiger partial charge in [-0.25, -0.2) is 4.98 Å². The van der Waals surface area contributed by atoms with Gasteiger partial charge in [-0.3, -0.25) is 4.79 Å². The van der Waals surface area contributed by atoms with Crippen molar-refractivity contribution in [1.82, 2.24) is 9.55 Å². The highest BCUT2D eigenvalue weighted by atomic mass is 16.5. The molecule has 1 aromatic heterocycles. The first kappa shape index (κ1) is 12.2. The van der Waals surface area contributed by atoms with Crippen molar-refractivity contribution < 1.29 is 9.53 Å². The molecule has 1 aromatic carbocycles.